The Morgan fingerprint density at radius 2 is 1.81 bits per heavy atom. The van der Waals surface area contributed by atoms with Gasteiger partial charge in [-0.3, -0.25) is 9.80 Å². The van der Waals surface area contributed by atoms with E-state index in [4.69, 9.17) is 0 Å². The van der Waals surface area contributed by atoms with Gasteiger partial charge in [-0.15, -0.1) is 0 Å². The number of rotatable bonds is 2. The minimum absolute atomic E-state index is 0.102. The summed E-state index contributed by atoms with van der Waals surface area (Å²) < 4.78 is 0. The Morgan fingerprint density at radius 3 is 2.44 bits per heavy atom. The lowest BCUT2D eigenvalue weighted by Crippen LogP contribution is -2.56. The molecule has 2 rings (SSSR count). The van der Waals surface area contributed by atoms with Crippen LogP contribution >= 0.6 is 0 Å². The van der Waals surface area contributed by atoms with Gasteiger partial charge in [-0.1, -0.05) is 30.4 Å². The van der Waals surface area contributed by atoms with E-state index in [1.54, 1.807) is 0 Å². The minimum Gasteiger partial charge on any atom is -0.284 e. The van der Waals surface area contributed by atoms with E-state index < -0.39 is 0 Å². The molecular weight excluding hydrogens is 196 g/mol. The highest BCUT2D eigenvalue weighted by Gasteiger charge is 2.39. The largest absolute Gasteiger partial charge is 0.284 e. The van der Waals surface area contributed by atoms with Gasteiger partial charge in [-0.2, -0.15) is 0 Å². The van der Waals surface area contributed by atoms with Crippen LogP contribution in [0.15, 0.2) is 47.6 Å². The van der Waals surface area contributed by atoms with Crippen LogP contribution in [0.3, 0.4) is 0 Å². The normalized spacial score (nSPS) is 22.1. The molecule has 0 radical (unpaired) electrons. The lowest BCUT2D eigenvalue weighted by atomic mass is 9.83. The zero-order valence-corrected chi connectivity index (χ0v) is 10.6. The minimum atomic E-state index is -0.102. The molecule has 0 bridgehead atoms. The average molecular weight is 216 g/mol. The summed E-state index contributed by atoms with van der Waals surface area (Å²) in [6.45, 7) is 0. The quantitative estimate of drug-likeness (QED) is 0.653. The van der Waals surface area contributed by atoms with Crippen molar-refractivity contribution in [3.05, 3.63) is 47.6 Å². The molecule has 0 saturated heterocycles. The van der Waals surface area contributed by atoms with Crippen molar-refractivity contribution in [2.45, 2.75) is 12.1 Å². The van der Waals surface area contributed by atoms with Crippen LogP contribution in [-0.2, 0) is 0 Å². The van der Waals surface area contributed by atoms with Gasteiger partial charge in [0.1, 0.15) is 5.66 Å². The molecule has 0 aromatic rings. The Bertz CT molecular complexity index is 387. The van der Waals surface area contributed by atoms with Gasteiger partial charge >= 0.3 is 0 Å². The summed E-state index contributed by atoms with van der Waals surface area (Å²) in [6.07, 6.45) is 14.4. The van der Waals surface area contributed by atoms with Crippen molar-refractivity contribution >= 4 is 0 Å². The molecule has 0 saturated carbocycles. The van der Waals surface area contributed by atoms with Gasteiger partial charge in [-0.25, -0.2) is 0 Å². The standard InChI is InChI=1S/C14H20N2/c1-15(2)14(16(3)4)11-7-9-12-8-5-6-10-13(12)14/h5,7-11H,6H2,1-4H3. The van der Waals surface area contributed by atoms with Crippen LogP contribution in [0.4, 0.5) is 0 Å². The number of fused-ring (bicyclic) bond motifs is 1. The Balaban J connectivity index is 2.53. The third kappa shape index (κ3) is 1.49. The summed E-state index contributed by atoms with van der Waals surface area (Å²) in [5, 5.41) is 0. The molecule has 0 heterocycles. The van der Waals surface area contributed by atoms with E-state index in [0.29, 0.717) is 0 Å². The third-order valence-electron chi connectivity index (χ3n) is 3.43. The summed E-state index contributed by atoms with van der Waals surface area (Å²) in [6, 6.07) is 0. The highest BCUT2D eigenvalue weighted by atomic mass is 15.4. The van der Waals surface area contributed by atoms with E-state index >= 15 is 0 Å². The first-order valence-electron chi connectivity index (χ1n) is 5.71. The molecule has 0 fully saturated rings. The van der Waals surface area contributed by atoms with E-state index in [9.17, 15) is 0 Å². The van der Waals surface area contributed by atoms with Crippen LogP contribution in [0.5, 0.6) is 0 Å². The molecule has 0 aliphatic heterocycles. The summed E-state index contributed by atoms with van der Waals surface area (Å²) in [7, 11) is 8.53. The van der Waals surface area contributed by atoms with Crippen LogP contribution in [0.1, 0.15) is 6.42 Å². The Kier molecular flexibility index (Phi) is 2.87. The molecule has 0 unspecified atom stereocenters. The van der Waals surface area contributed by atoms with E-state index in [2.05, 4.69) is 74.4 Å². The van der Waals surface area contributed by atoms with E-state index in [-0.39, 0.29) is 5.66 Å². The Labute approximate surface area is 98.2 Å². The van der Waals surface area contributed by atoms with Crippen LogP contribution < -0.4 is 0 Å². The van der Waals surface area contributed by atoms with E-state index in [1.165, 1.54) is 11.1 Å². The molecule has 0 aromatic heterocycles. The fourth-order valence-corrected chi connectivity index (χ4v) is 2.65. The molecule has 0 N–H and O–H groups in total. The molecule has 2 nitrogen and oxygen atoms in total. The zero-order chi connectivity index (χ0) is 11.8. The van der Waals surface area contributed by atoms with Crippen molar-refractivity contribution in [3.63, 3.8) is 0 Å². The van der Waals surface area contributed by atoms with Crippen molar-refractivity contribution in [1.29, 1.82) is 0 Å². The lowest BCUT2D eigenvalue weighted by Gasteiger charge is -2.47. The van der Waals surface area contributed by atoms with Crippen molar-refractivity contribution in [3.8, 4) is 0 Å². The topological polar surface area (TPSA) is 6.48 Å². The van der Waals surface area contributed by atoms with Crippen LogP contribution in [0, 0.1) is 0 Å². The van der Waals surface area contributed by atoms with E-state index in [0.717, 1.165) is 6.42 Å². The van der Waals surface area contributed by atoms with Crippen molar-refractivity contribution < 1.29 is 0 Å². The summed E-state index contributed by atoms with van der Waals surface area (Å²) >= 11 is 0. The van der Waals surface area contributed by atoms with Crippen LogP contribution in [-0.4, -0.2) is 43.7 Å². The number of hydrogen-bond donors (Lipinski definition) is 0. The second-order valence-corrected chi connectivity index (χ2v) is 4.75. The predicted molar refractivity (Wildman–Crippen MR) is 69.2 cm³/mol. The maximum Gasteiger partial charge on any atom is 0.119 e. The van der Waals surface area contributed by atoms with Crippen molar-refractivity contribution in [2.24, 2.45) is 0 Å². The SMILES string of the molecule is CN(C)C1(N(C)C)C=CC=C2C=CCC=C21. The first-order valence-corrected chi connectivity index (χ1v) is 5.71. The Morgan fingerprint density at radius 1 is 1.12 bits per heavy atom. The molecule has 86 valence electrons. The maximum absolute atomic E-state index is 2.33. The smallest absolute Gasteiger partial charge is 0.119 e. The van der Waals surface area contributed by atoms with Gasteiger partial charge in [0.25, 0.3) is 0 Å². The lowest BCUT2D eigenvalue weighted by molar-refractivity contribution is 0.0869. The molecule has 0 spiro atoms. The molecule has 0 amide bonds. The zero-order valence-electron chi connectivity index (χ0n) is 10.6. The highest BCUT2D eigenvalue weighted by Crippen LogP contribution is 2.37. The van der Waals surface area contributed by atoms with Gasteiger partial charge < -0.3 is 0 Å². The van der Waals surface area contributed by atoms with Gasteiger partial charge in [-0.05, 0) is 51.8 Å². The third-order valence-corrected chi connectivity index (χ3v) is 3.43. The number of nitrogens with zero attached hydrogens (tertiary/aromatic N) is 2. The summed E-state index contributed by atoms with van der Waals surface area (Å²) in [5.41, 5.74) is 2.62. The molecule has 0 aromatic carbocycles. The fraction of sp³-hybridized carbons (Fsp3) is 0.429. The number of likely N-dealkylation sites (N-methyl/N-ethyl adjacent to an activating group) is 2. The van der Waals surface area contributed by atoms with Gasteiger partial charge in [0.15, 0.2) is 0 Å². The van der Waals surface area contributed by atoms with Crippen LogP contribution in [0.2, 0.25) is 0 Å². The van der Waals surface area contributed by atoms with Crippen molar-refractivity contribution in [1.82, 2.24) is 9.80 Å². The first-order chi connectivity index (χ1) is 7.59. The molecular formula is C14H20N2. The summed E-state index contributed by atoms with van der Waals surface area (Å²) in [4.78, 5) is 4.53. The fourth-order valence-electron chi connectivity index (χ4n) is 2.65. The molecule has 2 aliphatic carbocycles. The summed E-state index contributed by atoms with van der Waals surface area (Å²) in [5.74, 6) is 0. The first kappa shape index (κ1) is 11.4. The molecule has 2 heteroatoms. The van der Waals surface area contributed by atoms with Gasteiger partial charge in [0.05, 0.1) is 0 Å². The van der Waals surface area contributed by atoms with Gasteiger partial charge in [0, 0.05) is 0 Å². The number of allylic oxidation sites excluding steroid dienone is 5. The van der Waals surface area contributed by atoms with E-state index in [1.807, 2.05) is 0 Å². The highest BCUT2D eigenvalue weighted by molar-refractivity contribution is 5.55. The van der Waals surface area contributed by atoms with Crippen molar-refractivity contribution in [2.75, 3.05) is 28.2 Å². The number of hydrogen-bond acceptors (Lipinski definition) is 2. The Hall–Kier alpha value is -1.12. The monoisotopic (exact) mass is 216 g/mol. The maximum atomic E-state index is 2.33. The second kappa shape index (κ2) is 4.04. The van der Waals surface area contributed by atoms with Gasteiger partial charge in [0.2, 0.25) is 0 Å². The predicted octanol–water partition coefficient (Wildman–Crippen LogP) is 2.19. The average Bonchev–Trinajstić information content (AvgIpc) is 2.27. The molecule has 0 atom stereocenters. The molecule has 2 aliphatic rings. The molecule has 16 heavy (non-hydrogen) atoms. The van der Waals surface area contributed by atoms with Crippen LogP contribution in [0.25, 0.3) is 0 Å². The second-order valence-electron chi connectivity index (χ2n) is 4.75.